The predicted molar refractivity (Wildman–Crippen MR) is 56.1 cm³/mol. The zero-order chi connectivity index (χ0) is 11.1. The van der Waals surface area contributed by atoms with Crippen LogP contribution in [0.2, 0.25) is 0 Å². The van der Waals surface area contributed by atoms with Crippen LogP contribution in [0.1, 0.15) is 6.42 Å². The maximum atomic E-state index is 11.4. The van der Waals surface area contributed by atoms with Crippen molar-refractivity contribution in [3.8, 4) is 0 Å². The Morgan fingerprint density at radius 1 is 1.53 bits per heavy atom. The lowest BCUT2D eigenvalue weighted by atomic mass is 10.3. The van der Waals surface area contributed by atoms with Gasteiger partial charge in [0.05, 0.1) is 6.54 Å². The first-order valence-electron chi connectivity index (χ1n) is 5.18. The van der Waals surface area contributed by atoms with E-state index in [1.807, 2.05) is 4.90 Å². The quantitative estimate of drug-likeness (QED) is 0.499. The normalized spacial score (nSPS) is 18.1. The number of hydrogen-bond acceptors (Lipinski definition) is 4. The number of amides is 2. The van der Waals surface area contributed by atoms with Crippen molar-refractivity contribution in [3.63, 3.8) is 0 Å². The molecule has 0 unspecified atom stereocenters. The molecule has 0 aromatic rings. The number of carbonyl (C=O) groups excluding carboxylic acids is 2. The van der Waals surface area contributed by atoms with Gasteiger partial charge in [0.1, 0.15) is 0 Å². The summed E-state index contributed by atoms with van der Waals surface area (Å²) in [6, 6.07) is 0. The number of carbonyl (C=O) groups is 2. The van der Waals surface area contributed by atoms with E-state index in [1.54, 1.807) is 0 Å². The average molecular weight is 214 g/mol. The second-order valence-electron chi connectivity index (χ2n) is 3.51. The first-order valence-corrected chi connectivity index (χ1v) is 5.18. The van der Waals surface area contributed by atoms with E-state index in [-0.39, 0.29) is 11.8 Å². The minimum atomic E-state index is -0.0326. The van der Waals surface area contributed by atoms with Gasteiger partial charge in [0.2, 0.25) is 11.8 Å². The van der Waals surface area contributed by atoms with E-state index >= 15 is 0 Å². The Morgan fingerprint density at radius 3 is 3.07 bits per heavy atom. The van der Waals surface area contributed by atoms with Crippen LogP contribution in [0.3, 0.4) is 0 Å². The minimum absolute atomic E-state index is 0.0326. The SMILES string of the molecule is NCCNC(=O)CN1CCNC(=O)CC1. The van der Waals surface area contributed by atoms with Crippen molar-refractivity contribution in [3.05, 3.63) is 0 Å². The van der Waals surface area contributed by atoms with Gasteiger partial charge < -0.3 is 16.4 Å². The first kappa shape index (κ1) is 11.9. The van der Waals surface area contributed by atoms with Gasteiger partial charge in [-0.25, -0.2) is 0 Å². The van der Waals surface area contributed by atoms with Crippen LogP contribution in [0.25, 0.3) is 0 Å². The summed E-state index contributed by atoms with van der Waals surface area (Å²) in [5.41, 5.74) is 5.27. The fourth-order valence-corrected chi connectivity index (χ4v) is 1.44. The molecule has 0 saturated carbocycles. The maximum absolute atomic E-state index is 11.4. The lowest BCUT2D eigenvalue weighted by Crippen LogP contribution is -2.40. The summed E-state index contributed by atoms with van der Waals surface area (Å²) >= 11 is 0. The van der Waals surface area contributed by atoms with Crippen LogP contribution < -0.4 is 16.4 Å². The van der Waals surface area contributed by atoms with Crippen LogP contribution >= 0.6 is 0 Å². The molecule has 0 atom stereocenters. The summed E-state index contributed by atoms with van der Waals surface area (Å²) in [5, 5.41) is 5.46. The monoisotopic (exact) mass is 214 g/mol. The third kappa shape index (κ3) is 4.75. The standard InChI is InChI=1S/C9H18N4O2/c10-2-3-11-9(15)7-13-5-1-8(14)12-4-6-13/h1-7,10H2,(H,11,15)(H,12,14). The Balaban J connectivity index is 2.25. The lowest BCUT2D eigenvalue weighted by molar-refractivity contribution is -0.123. The highest BCUT2D eigenvalue weighted by Crippen LogP contribution is 1.95. The Labute approximate surface area is 89.2 Å². The number of hydrogen-bond donors (Lipinski definition) is 3. The van der Waals surface area contributed by atoms with Crippen molar-refractivity contribution in [2.75, 3.05) is 39.3 Å². The van der Waals surface area contributed by atoms with Crippen molar-refractivity contribution >= 4 is 11.8 Å². The van der Waals surface area contributed by atoms with Gasteiger partial charge in [-0.3, -0.25) is 14.5 Å². The second kappa shape index (κ2) is 6.36. The average Bonchev–Trinajstić information content (AvgIpc) is 2.41. The molecule has 86 valence electrons. The first-order chi connectivity index (χ1) is 7.22. The summed E-state index contributed by atoms with van der Waals surface area (Å²) in [4.78, 5) is 24.3. The smallest absolute Gasteiger partial charge is 0.234 e. The van der Waals surface area contributed by atoms with Gasteiger partial charge in [-0.2, -0.15) is 0 Å². The molecule has 2 amide bonds. The number of nitrogens with zero attached hydrogens (tertiary/aromatic N) is 1. The molecule has 1 fully saturated rings. The molecule has 6 nitrogen and oxygen atoms in total. The van der Waals surface area contributed by atoms with E-state index in [4.69, 9.17) is 5.73 Å². The van der Waals surface area contributed by atoms with Crippen molar-refractivity contribution < 1.29 is 9.59 Å². The lowest BCUT2D eigenvalue weighted by Gasteiger charge is -2.17. The molecule has 1 aliphatic rings. The zero-order valence-electron chi connectivity index (χ0n) is 8.79. The summed E-state index contributed by atoms with van der Waals surface area (Å²) in [7, 11) is 0. The summed E-state index contributed by atoms with van der Waals surface area (Å²) in [6.45, 7) is 3.28. The van der Waals surface area contributed by atoms with Crippen LogP contribution in [0.4, 0.5) is 0 Å². The van der Waals surface area contributed by atoms with Crippen molar-refractivity contribution in [1.82, 2.24) is 15.5 Å². The fourth-order valence-electron chi connectivity index (χ4n) is 1.44. The molecule has 0 aliphatic carbocycles. The second-order valence-corrected chi connectivity index (χ2v) is 3.51. The summed E-state index contributed by atoms with van der Waals surface area (Å²) in [5.74, 6) is 0.0228. The van der Waals surface area contributed by atoms with E-state index < -0.39 is 0 Å². The van der Waals surface area contributed by atoms with Gasteiger partial charge in [-0.15, -0.1) is 0 Å². The van der Waals surface area contributed by atoms with Crippen molar-refractivity contribution in [1.29, 1.82) is 0 Å². The number of nitrogens with two attached hydrogens (primary N) is 1. The van der Waals surface area contributed by atoms with E-state index in [0.717, 1.165) is 6.54 Å². The van der Waals surface area contributed by atoms with Gasteiger partial charge in [0.25, 0.3) is 0 Å². The molecular formula is C9H18N4O2. The Hall–Kier alpha value is -1.14. The van der Waals surface area contributed by atoms with Crippen molar-refractivity contribution in [2.24, 2.45) is 5.73 Å². The largest absolute Gasteiger partial charge is 0.355 e. The van der Waals surface area contributed by atoms with Crippen LogP contribution in [0, 0.1) is 0 Å². The highest BCUT2D eigenvalue weighted by Gasteiger charge is 2.15. The molecule has 4 N–H and O–H groups in total. The molecular weight excluding hydrogens is 196 g/mol. The van der Waals surface area contributed by atoms with Gasteiger partial charge in [0.15, 0.2) is 0 Å². The minimum Gasteiger partial charge on any atom is -0.355 e. The number of nitrogens with one attached hydrogen (secondary N) is 2. The molecule has 15 heavy (non-hydrogen) atoms. The summed E-state index contributed by atoms with van der Waals surface area (Å²) in [6.07, 6.45) is 0.462. The van der Waals surface area contributed by atoms with E-state index in [9.17, 15) is 9.59 Å². The third-order valence-corrected chi connectivity index (χ3v) is 2.24. The van der Waals surface area contributed by atoms with Gasteiger partial charge in [0, 0.05) is 39.1 Å². The molecule has 0 aromatic carbocycles. The topological polar surface area (TPSA) is 87.5 Å². The molecule has 0 spiro atoms. The van der Waals surface area contributed by atoms with Gasteiger partial charge in [-0.05, 0) is 0 Å². The van der Waals surface area contributed by atoms with Crippen LogP contribution in [0.15, 0.2) is 0 Å². The zero-order valence-corrected chi connectivity index (χ0v) is 8.79. The van der Waals surface area contributed by atoms with E-state index in [0.29, 0.717) is 39.1 Å². The fraction of sp³-hybridized carbons (Fsp3) is 0.778. The highest BCUT2D eigenvalue weighted by atomic mass is 16.2. The van der Waals surface area contributed by atoms with E-state index in [1.165, 1.54) is 0 Å². The highest BCUT2D eigenvalue weighted by molar-refractivity contribution is 5.79. The third-order valence-electron chi connectivity index (χ3n) is 2.24. The van der Waals surface area contributed by atoms with Gasteiger partial charge >= 0.3 is 0 Å². The Morgan fingerprint density at radius 2 is 2.33 bits per heavy atom. The molecule has 6 heteroatoms. The molecule has 0 radical (unpaired) electrons. The predicted octanol–water partition coefficient (Wildman–Crippen LogP) is -2.12. The molecule has 0 aromatic heterocycles. The summed E-state index contributed by atoms with van der Waals surface area (Å²) < 4.78 is 0. The van der Waals surface area contributed by atoms with Crippen LogP contribution in [-0.4, -0.2) is 56.0 Å². The molecule has 1 aliphatic heterocycles. The number of rotatable bonds is 4. The van der Waals surface area contributed by atoms with Crippen molar-refractivity contribution in [2.45, 2.75) is 6.42 Å². The van der Waals surface area contributed by atoms with E-state index in [2.05, 4.69) is 10.6 Å². The Bertz CT molecular complexity index is 232. The maximum Gasteiger partial charge on any atom is 0.234 e. The molecule has 1 heterocycles. The van der Waals surface area contributed by atoms with Gasteiger partial charge in [-0.1, -0.05) is 0 Å². The molecule has 1 saturated heterocycles. The Kier molecular flexibility index (Phi) is 5.06. The molecule has 0 bridgehead atoms. The molecule has 1 rings (SSSR count). The van der Waals surface area contributed by atoms with Crippen LogP contribution in [-0.2, 0) is 9.59 Å². The van der Waals surface area contributed by atoms with Crippen LogP contribution in [0.5, 0.6) is 0 Å².